The molecule has 32 heavy (non-hydrogen) atoms. The summed E-state index contributed by atoms with van der Waals surface area (Å²) >= 11 is 0. The molecule has 0 atom stereocenters. The normalized spacial score (nSPS) is 13.9. The molecule has 1 aliphatic heterocycles. The number of hydrogen-bond donors (Lipinski definition) is 0. The maximum Gasteiger partial charge on any atom is 0.259 e. The van der Waals surface area contributed by atoms with Gasteiger partial charge in [-0.3, -0.25) is 9.69 Å². The average Bonchev–Trinajstić information content (AvgIpc) is 3.44. The van der Waals surface area contributed by atoms with Crippen molar-refractivity contribution in [2.45, 2.75) is 32.9 Å². The van der Waals surface area contributed by atoms with Crippen LogP contribution in [0.2, 0.25) is 0 Å². The summed E-state index contributed by atoms with van der Waals surface area (Å²) in [4.78, 5) is 20.0. The quantitative estimate of drug-likeness (QED) is 0.466. The van der Waals surface area contributed by atoms with E-state index >= 15 is 0 Å². The van der Waals surface area contributed by atoms with Crippen LogP contribution >= 0.6 is 0 Å². The molecule has 8 nitrogen and oxygen atoms in total. The van der Waals surface area contributed by atoms with Crippen LogP contribution in [0.3, 0.4) is 0 Å². The van der Waals surface area contributed by atoms with Crippen LogP contribution in [0.4, 0.5) is 5.82 Å². The van der Waals surface area contributed by atoms with Crippen LogP contribution in [0.15, 0.2) is 48.9 Å². The Morgan fingerprint density at radius 1 is 1.19 bits per heavy atom. The Labute approximate surface area is 186 Å². The van der Waals surface area contributed by atoms with Crippen molar-refractivity contribution in [1.82, 2.24) is 24.3 Å². The standard InChI is InChI=1S/C24H26N6O2/c1-16(2)30-15-25-27-23(30)20-5-4-6-22(26-20)29-10-8-17-13-18-7-9-28(11-12-32-3)21(18)14-19(17)24(29)31/h4-7,9,13-16H,8,10-12H2,1-3H3. The fourth-order valence-electron chi connectivity index (χ4n) is 4.28. The predicted molar refractivity (Wildman–Crippen MR) is 123 cm³/mol. The van der Waals surface area contributed by atoms with Crippen LogP contribution < -0.4 is 4.90 Å². The molecule has 0 saturated heterocycles. The van der Waals surface area contributed by atoms with Crippen molar-refractivity contribution in [3.63, 3.8) is 0 Å². The molecule has 4 heterocycles. The van der Waals surface area contributed by atoms with Gasteiger partial charge >= 0.3 is 0 Å². The van der Waals surface area contributed by atoms with E-state index in [4.69, 9.17) is 9.72 Å². The maximum absolute atomic E-state index is 13.5. The highest BCUT2D eigenvalue weighted by Gasteiger charge is 2.27. The molecule has 0 unspecified atom stereocenters. The molecule has 0 radical (unpaired) electrons. The molecule has 164 valence electrons. The first-order valence-corrected chi connectivity index (χ1v) is 10.9. The van der Waals surface area contributed by atoms with E-state index in [1.54, 1.807) is 18.3 Å². The molecular weight excluding hydrogens is 404 g/mol. The van der Waals surface area contributed by atoms with Gasteiger partial charge in [0.15, 0.2) is 5.82 Å². The predicted octanol–water partition coefficient (Wildman–Crippen LogP) is 3.73. The van der Waals surface area contributed by atoms with E-state index in [0.29, 0.717) is 30.5 Å². The lowest BCUT2D eigenvalue weighted by molar-refractivity contribution is 0.0980. The summed E-state index contributed by atoms with van der Waals surface area (Å²) in [6.07, 6.45) is 4.54. The minimum Gasteiger partial charge on any atom is -0.383 e. The van der Waals surface area contributed by atoms with Gasteiger partial charge in [-0.25, -0.2) is 4.98 Å². The molecule has 4 aromatic rings. The molecule has 5 rings (SSSR count). The Morgan fingerprint density at radius 2 is 2.06 bits per heavy atom. The summed E-state index contributed by atoms with van der Waals surface area (Å²) in [5, 5.41) is 9.43. The zero-order chi connectivity index (χ0) is 22.2. The highest BCUT2D eigenvalue weighted by molar-refractivity contribution is 6.09. The lowest BCUT2D eigenvalue weighted by Crippen LogP contribution is -2.38. The lowest BCUT2D eigenvalue weighted by atomic mass is 9.97. The summed E-state index contributed by atoms with van der Waals surface area (Å²) < 4.78 is 9.33. The molecule has 1 aromatic carbocycles. The summed E-state index contributed by atoms with van der Waals surface area (Å²) in [7, 11) is 1.69. The molecule has 8 heteroatoms. The van der Waals surface area contributed by atoms with Gasteiger partial charge in [0.1, 0.15) is 17.8 Å². The van der Waals surface area contributed by atoms with E-state index in [-0.39, 0.29) is 11.9 Å². The summed E-state index contributed by atoms with van der Waals surface area (Å²) in [6, 6.07) is 12.2. The first kappa shape index (κ1) is 20.4. The van der Waals surface area contributed by atoms with Gasteiger partial charge in [0.25, 0.3) is 5.91 Å². The van der Waals surface area contributed by atoms with E-state index in [9.17, 15) is 4.79 Å². The average molecular weight is 431 g/mol. The molecule has 0 aliphatic carbocycles. The van der Waals surface area contributed by atoms with E-state index in [1.807, 2.05) is 35.0 Å². The second kappa shape index (κ2) is 8.20. The van der Waals surface area contributed by atoms with Crippen molar-refractivity contribution in [1.29, 1.82) is 0 Å². The fourth-order valence-corrected chi connectivity index (χ4v) is 4.28. The third-order valence-electron chi connectivity index (χ3n) is 5.98. The van der Waals surface area contributed by atoms with E-state index in [1.165, 1.54) is 0 Å². The Morgan fingerprint density at radius 3 is 2.88 bits per heavy atom. The van der Waals surface area contributed by atoms with Crippen LogP contribution in [-0.2, 0) is 17.7 Å². The molecule has 0 fully saturated rings. The molecule has 0 spiro atoms. The summed E-state index contributed by atoms with van der Waals surface area (Å²) in [5.41, 5.74) is 3.57. The minimum absolute atomic E-state index is 0.0254. The van der Waals surface area contributed by atoms with Gasteiger partial charge in [0.05, 0.1) is 6.61 Å². The molecule has 3 aromatic heterocycles. The van der Waals surface area contributed by atoms with Crippen molar-refractivity contribution < 1.29 is 9.53 Å². The second-order valence-corrected chi connectivity index (χ2v) is 8.31. The molecule has 1 amide bonds. The Kier molecular flexibility index (Phi) is 5.22. The highest BCUT2D eigenvalue weighted by Crippen LogP contribution is 2.29. The maximum atomic E-state index is 13.5. The van der Waals surface area contributed by atoms with Gasteiger partial charge < -0.3 is 13.9 Å². The zero-order valence-corrected chi connectivity index (χ0v) is 18.5. The Hall–Kier alpha value is -3.52. The molecule has 0 N–H and O–H groups in total. The lowest BCUT2D eigenvalue weighted by Gasteiger charge is -2.28. The van der Waals surface area contributed by atoms with Gasteiger partial charge in [-0.1, -0.05) is 6.07 Å². The number of hydrogen-bond acceptors (Lipinski definition) is 5. The molecule has 0 bridgehead atoms. The SMILES string of the molecule is COCCn1ccc2cc3c(cc21)C(=O)N(c1cccc(-c2nncn2C(C)C)n1)CC3. The molecule has 0 saturated carbocycles. The van der Waals surface area contributed by atoms with Crippen molar-refractivity contribution >= 4 is 22.6 Å². The van der Waals surface area contributed by atoms with Crippen LogP contribution in [0, 0.1) is 0 Å². The number of carbonyl (C=O) groups excluding carboxylic acids is 1. The number of methoxy groups -OCH3 is 1. The van der Waals surface area contributed by atoms with Crippen molar-refractivity contribution in [2.24, 2.45) is 0 Å². The second-order valence-electron chi connectivity index (χ2n) is 8.31. The topological polar surface area (TPSA) is 78.1 Å². The summed E-state index contributed by atoms with van der Waals surface area (Å²) in [6.45, 7) is 6.11. The number of benzene rings is 1. The minimum atomic E-state index is -0.0254. The van der Waals surface area contributed by atoms with Crippen LogP contribution in [0.1, 0.15) is 35.8 Å². The first-order valence-electron chi connectivity index (χ1n) is 10.9. The smallest absolute Gasteiger partial charge is 0.259 e. The van der Waals surface area contributed by atoms with Crippen LogP contribution in [-0.4, -0.2) is 50.5 Å². The number of aromatic nitrogens is 5. The van der Waals surface area contributed by atoms with Crippen LogP contribution in [0.25, 0.3) is 22.4 Å². The Bertz CT molecular complexity index is 1290. The number of amides is 1. The largest absolute Gasteiger partial charge is 0.383 e. The van der Waals surface area contributed by atoms with Crippen molar-refractivity contribution in [2.75, 3.05) is 25.2 Å². The number of anilines is 1. The van der Waals surface area contributed by atoms with Gasteiger partial charge in [0, 0.05) is 43.5 Å². The first-order chi connectivity index (χ1) is 15.6. The Balaban J connectivity index is 1.50. The van der Waals surface area contributed by atoms with Crippen molar-refractivity contribution in [3.8, 4) is 11.5 Å². The number of nitrogens with zero attached hydrogens (tertiary/aromatic N) is 6. The number of carbonyl (C=O) groups is 1. The highest BCUT2D eigenvalue weighted by atomic mass is 16.5. The van der Waals surface area contributed by atoms with Gasteiger partial charge in [-0.2, -0.15) is 0 Å². The van der Waals surface area contributed by atoms with Crippen LogP contribution in [0.5, 0.6) is 0 Å². The third kappa shape index (κ3) is 3.46. The number of pyridine rings is 1. The van der Waals surface area contributed by atoms with E-state index in [2.05, 4.69) is 40.7 Å². The van der Waals surface area contributed by atoms with E-state index < -0.39 is 0 Å². The molecule has 1 aliphatic rings. The number of fused-ring (bicyclic) bond motifs is 2. The molecular formula is C24H26N6O2. The third-order valence-corrected chi connectivity index (χ3v) is 5.98. The fraction of sp³-hybridized carbons (Fsp3) is 0.333. The summed E-state index contributed by atoms with van der Waals surface area (Å²) in [5.74, 6) is 1.30. The van der Waals surface area contributed by atoms with Crippen molar-refractivity contribution in [3.05, 3.63) is 60.0 Å². The van der Waals surface area contributed by atoms with E-state index in [0.717, 1.165) is 35.0 Å². The zero-order valence-electron chi connectivity index (χ0n) is 18.5. The monoisotopic (exact) mass is 430 g/mol. The van der Waals surface area contributed by atoms with Gasteiger partial charge in [-0.05, 0) is 61.5 Å². The van der Waals surface area contributed by atoms with Gasteiger partial charge in [-0.15, -0.1) is 10.2 Å². The van der Waals surface area contributed by atoms with Gasteiger partial charge in [0.2, 0.25) is 0 Å². The number of ether oxygens (including phenoxy) is 1. The number of rotatable bonds is 6.